The third-order valence-corrected chi connectivity index (χ3v) is 3.45. The van der Waals surface area contributed by atoms with E-state index in [4.69, 9.17) is 5.73 Å². The number of nitrogens with one attached hydrogen (secondary N) is 1. The van der Waals surface area contributed by atoms with Crippen LogP contribution in [0.2, 0.25) is 0 Å². The molecule has 0 saturated carbocycles. The van der Waals surface area contributed by atoms with Crippen LogP contribution in [0.5, 0.6) is 0 Å². The van der Waals surface area contributed by atoms with Gasteiger partial charge in [0.2, 0.25) is 0 Å². The third kappa shape index (κ3) is 3.84. The molecule has 3 heteroatoms. The summed E-state index contributed by atoms with van der Waals surface area (Å²) >= 11 is 3.48. The molecule has 1 aromatic carbocycles. The first-order valence-corrected chi connectivity index (χ1v) is 6.05. The molecule has 3 N–H and O–H groups in total. The van der Waals surface area contributed by atoms with E-state index in [1.54, 1.807) is 0 Å². The van der Waals surface area contributed by atoms with Crippen molar-refractivity contribution in [2.75, 3.05) is 11.9 Å². The second kappa shape index (κ2) is 5.52. The minimum absolute atomic E-state index is 0.203. The van der Waals surface area contributed by atoms with E-state index < -0.39 is 0 Å². The molecule has 0 radical (unpaired) electrons. The summed E-state index contributed by atoms with van der Waals surface area (Å²) < 4.78 is 1.14. The van der Waals surface area contributed by atoms with Gasteiger partial charge in [0.1, 0.15) is 0 Å². The van der Waals surface area contributed by atoms with Crippen LogP contribution in [-0.4, -0.2) is 12.6 Å². The molecule has 1 unspecified atom stereocenters. The predicted molar refractivity (Wildman–Crippen MR) is 70.2 cm³/mol. The van der Waals surface area contributed by atoms with Gasteiger partial charge in [0.25, 0.3) is 0 Å². The Morgan fingerprint density at radius 2 is 2.07 bits per heavy atom. The number of halogens is 1. The van der Waals surface area contributed by atoms with Crippen molar-refractivity contribution in [1.82, 2.24) is 0 Å². The first kappa shape index (κ1) is 12.5. The lowest BCUT2D eigenvalue weighted by Gasteiger charge is -2.17. The van der Waals surface area contributed by atoms with Gasteiger partial charge in [-0.05, 0) is 36.6 Å². The molecule has 0 fully saturated rings. The highest BCUT2D eigenvalue weighted by Crippen LogP contribution is 2.19. The van der Waals surface area contributed by atoms with Crippen LogP contribution in [0.25, 0.3) is 0 Å². The normalized spacial score (nSPS) is 12.9. The van der Waals surface area contributed by atoms with Crippen molar-refractivity contribution < 1.29 is 0 Å². The summed E-state index contributed by atoms with van der Waals surface area (Å²) in [6.45, 7) is 7.18. The lowest BCUT2D eigenvalue weighted by molar-refractivity contribution is 0.511. The Labute approximate surface area is 100 Å². The number of nitrogens with two attached hydrogens (primary N) is 1. The Balaban J connectivity index is 2.55. The van der Waals surface area contributed by atoms with Crippen LogP contribution < -0.4 is 11.1 Å². The van der Waals surface area contributed by atoms with Crippen molar-refractivity contribution in [1.29, 1.82) is 0 Å². The molecule has 15 heavy (non-hydrogen) atoms. The summed E-state index contributed by atoms with van der Waals surface area (Å²) in [7, 11) is 0. The number of anilines is 1. The van der Waals surface area contributed by atoms with Crippen LogP contribution in [-0.2, 0) is 0 Å². The summed E-state index contributed by atoms with van der Waals surface area (Å²) in [4.78, 5) is 0. The van der Waals surface area contributed by atoms with Crippen molar-refractivity contribution in [3.8, 4) is 0 Å². The number of benzene rings is 1. The van der Waals surface area contributed by atoms with Crippen LogP contribution in [0.15, 0.2) is 22.7 Å². The molecular formula is C12H19BrN2. The molecule has 0 spiro atoms. The van der Waals surface area contributed by atoms with Crippen molar-refractivity contribution in [3.63, 3.8) is 0 Å². The number of hydrogen-bond donors (Lipinski definition) is 2. The summed E-state index contributed by atoms with van der Waals surface area (Å²) in [5.74, 6) is 0.508. The van der Waals surface area contributed by atoms with E-state index in [1.165, 1.54) is 5.56 Å². The molecule has 0 aliphatic heterocycles. The van der Waals surface area contributed by atoms with Crippen molar-refractivity contribution >= 4 is 21.6 Å². The maximum Gasteiger partial charge on any atom is 0.0344 e. The molecule has 1 atom stereocenters. The average molecular weight is 271 g/mol. The predicted octanol–water partition coefficient (Wildman–Crippen LogP) is 3.15. The Bertz CT molecular complexity index is 323. The third-order valence-electron chi connectivity index (χ3n) is 2.56. The fourth-order valence-electron chi connectivity index (χ4n) is 1.23. The fraction of sp³-hybridized carbons (Fsp3) is 0.500. The topological polar surface area (TPSA) is 38.0 Å². The van der Waals surface area contributed by atoms with Gasteiger partial charge in [-0.2, -0.15) is 0 Å². The molecule has 1 aromatic rings. The Morgan fingerprint density at radius 3 is 2.60 bits per heavy atom. The Morgan fingerprint density at radius 1 is 1.40 bits per heavy atom. The van der Waals surface area contributed by atoms with E-state index in [2.05, 4.69) is 60.2 Å². The Kier molecular flexibility index (Phi) is 4.61. The number of aryl methyl sites for hydroxylation is 1. The Hall–Kier alpha value is -0.540. The summed E-state index contributed by atoms with van der Waals surface area (Å²) in [5, 5.41) is 3.35. The molecule has 1 rings (SSSR count). The van der Waals surface area contributed by atoms with Crippen LogP contribution >= 0.6 is 15.9 Å². The molecule has 0 heterocycles. The number of rotatable bonds is 4. The molecule has 84 valence electrons. The van der Waals surface area contributed by atoms with Crippen molar-refractivity contribution in [2.24, 2.45) is 11.7 Å². The van der Waals surface area contributed by atoms with Crippen LogP contribution in [0, 0.1) is 12.8 Å². The van der Waals surface area contributed by atoms with Gasteiger partial charge in [0, 0.05) is 22.7 Å². The minimum Gasteiger partial charge on any atom is -0.383 e. The maximum atomic E-state index is 5.96. The minimum atomic E-state index is 0.203. The molecule has 0 aromatic heterocycles. The van der Waals surface area contributed by atoms with Gasteiger partial charge in [-0.15, -0.1) is 0 Å². The second-order valence-electron chi connectivity index (χ2n) is 4.25. The molecule has 2 nitrogen and oxygen atoms in total. The summed E-state index contributed by atoms with van der Waals surface area (Å²) in [6.07, 6.45) is 0. The van der Waals surface area contributed by atoms with E-state index in [0.717, 1.165) is 16.7 Å². The molecular weight excluding hydrogens is 252 g/mol. The molecule has 0 amide bonds. The first-order valence-electron chi connectivity index (χ1n) is 5.26. The largest absolute Gasteiger partial charge is 0.383 e. The SMILES string of the molecule is Cc1cc(NCC(N)C(C)C)ccc1Br. The highest BCUT2D eigenvalue weighted by atomic mass is 79.9. The lowest BCUT2D eigenvalue weighted by Crippen LogP contribution is -2.33. The first-order chi connectivity index (χ1) is 7.00. The van der Waals surface area contributed by atoms with Crippen molar-refractivity contribution in [3.05, 3.63) is 28.2 Å². The van der Waals surface area contributed by atoms with E-state index in [9.17, 15) is 0 Å². The highest BCUT2D eigenvalue weighted by molar-refractivity contribution is 9.10. The van der Waals surface area contributed by atoms with Gasteiger partial charge in [-0.25, -0.2) is 0 Å². The van der Waals surface area contributed by atoms with Gasteiger partial charge in [0.05, 0.1) is 0 Å². The monoisotopic (exact) mass is 270 g/mol. The quantitative estimate of drug-likeness (QED) is 0.882. The van der Waals surface area contributed by atoms with E-state index in [0.29, 0.717) is 5.92 Å². The lowest BCUT2D eigenvalue weighted by atomic mass is 10.1. The van der Waals surface area contributed by atoms with Gasteiger partial charge < -0.3 is 11.1 Å². The highest BCUT2D eigenvalue weighted by Gasteiger charge is 2.06. The molecule has 0 saturated heterocycles. The van der Waals surface area contributed by atoms with Gasteiger partial charge in [0.15, 0.2) is 0 Å². The van der Waals surface area contributed by atoms with Crippen LogP contribution in [0.3, 0.4) is 0 Å². The zero-order valence-corrected chi connectivity index (χ0v) is 11.1. The fourth-order valence-corrected chi connectivity index (χ4v) is 1.47. The summed E-state index contributed by atoms with van der Waals surface area (Å²) in [6, 6.07) is 6.44. The van der Waals surface area contributed by atoms with E-state index in [1.807, 2.05) is 0 Å². The average Bonchev–Trinajstić information content (AvgIpc) is 2.19. The number of hydrogen-bond acceptors (Lipinski definition) is 2. The molecule has 0 aliphatic carbocycles. The standard InChI is InChI=1S/C12H19BrN2/c1-8(2)12(14)7-15-10-4-5-11(13)9(3)6-10/h4-6,8,12,15H,7,14H2,1-3H3. The zero-order valence-electron chi connectivity index (χ0n) is 9.55. The van der Waals surface area contributed by atoms with Gasteiger partial charge >= 0.3 is 0 Å². The molecule has 0 bridgehead atoms. The van der Waals surface area contributed by atoms with Crippen LogP contribution in [0.1, 0.15) is 19.4 Å². The second-order valence-corrected chi connectivity index (χ2v) is 5.11. The molecule has 0 aliphatic rings. The zero-order chi connectivity index (χ0) is 11.4. The van der Waals surface area contributed by atoms with Crippen LogP contribution in [0.4, 0.5) is 5.69 Å². The van der Waals surface area contributed by atoms with E-state index in [-0.39, 0.29) is 6.04 Å². The van der Waals surface area contributed by atoms with Gasteiger partial charge in [-0.3, -0.25) is 0 Å². The summed E-state index contributed by atoms with van der Waals surface area (Å²) in [5.41, 5.74) is 8.33. The maximum absolute atomic E-state index is 5.96. The smallest absolute Gasteiger partial charge is 0.0344 e. The van der Waals surface area contributed by atoms with E-state index >= 15 is 0 Å². The van der Waals surface area contributed by atoms with Gasteiger partial charge in [-0.1, -0.05) is 29.8 Å². The van der Waals surface area contributed by atoms with Crippen molar-refractivity contribution in [2.45, 2.75) is 26.8 Å².